The van der Waals surface area contributed by atoms with E-state index in [1.165, 1.54) is 37.5 Å². The Bertz CT molecular complexity index is 921. The molecule has 27 heavy (non-hydrogen) atoms. The number of rotatable bonds is 3. The van der Waals surface area contributed by atoms with E-state index in [-0.39, 0.29) is 17.2 Å². The minimum atomic E-state index is -1.15. The van der Waals surface area contributed by atoms with Crippen LogP contribution in [0.2, 0.25) is 5.02 Å². The smallest absolute Gasteiger partial charge is 0.337 e. The van der Waals surface area contributed by atoms with E-state index in [2.05, 4.69) is 17.2 Å². The summed E-state index contributed by atoms with van der Waals surface area (Å²) in [5, 5.41) is 12.2. The second-order valence-electron chi connectivity index (χ2n) is 6.63. The van der Waals surface area contributed by atoms with E-state index in [0.29, 0.717) is 16.5 Å². The van der Waals surface area contributed by atoms with Crippen molar-refractivity contribution in [3.8, 4) is 11.8 Å². The lowest BCUT2D eigenvalue weighted by Crippen LogP contribution is -2.15. The molecule has 2 aromatic rings. The first-order valence-corrected chi connectivity index (χ1v) is 9.36. The average molecular weight is 382 g/mol. The van der Waals surface area contributed by atoms with Crippen LogP contribution in [-0.2, 0) is 0 Å². The number of benzene rings is 2. The van der Waals surface area contributed by atoms with E-state index >= 15 is 0 Å². The van der Waals surface area contributed by atoms with E-state index in [9.17, 15) is 14.7 Å². The zero-order valence-corrected chi connectivity index (χ0v) is 15.6. The van der Waals surface area contributed by atoms with Gasteiger partial charge >= 0.3 is 5.97 Å². The lowest BCUT2D eigenvalue weighted by molar-refractivity contribution is 0.0698. The van der Waals surface area contributed by atoms with Crippen molar-refractivity contribution in [2.24, 2.45) is 5.92 Å². The summed E-state index contributed by atoms with van der Waals surface area (Å²) in [5.41, 5.74) is 1.36. The molecule has 0 heterocycles. The fraction of sp³-hybridized carbons (Fsp3) is 0.273. The van der Waals surface area contributed by atoms with Crippen LogP contribution in [0.1, 0.15) is 58.4 Å². The monoisotopic (exact) mass is 381 g/mol. The molecule has 3 rings (SSSR count). The zero-order valence-electron chi connectivity index (χ0n) is 14.8. The Balaban J connectivity index is 1.76. The summed E-state index contributed by atoms with van der Waals surface area (Å²) < 4.78 is 0. The molecule has 0 spiro atoms. The summed E-state index contributed by atoms with van der Waals surface area (Å²) in [5.74, 6) is 5.37. The molecule has 1 aliphatic rings. The summed E-state index contributed by atoms with van der Waals surface area (Å²) in [6.07, 6.45) is 6.03. The van der Waals surface area contributed by atoms with Crippen LogP contribution in [-0.4, -0.2) is 17.0 Å². The molecule has 4 nitrogen and oxygen atoms in total. The molecule has 1 fully saturated rings. The number of hydrogen-bond acceptors (Lipinski definition) is 2. The first kappa shape index (κ1) is 19.0. The van der Waals surface area contributed by atoms with Gasteiger partial charge in [-0.05, 0) is 49.2 Å². The van der Waals surface area contributed by atoms with Crippen LogP contribution in [0.5, 0.6) is 0 Å². The zero-order chi connectivity index (χ0) is 19.2. The molecule has 1 amide bonds. The van der Waals surface area contributed by atoms with E-state index in [0.717, 1.165) is 18.4 Å². The summed E-state index contributed by atoms with van der Waals surface area (Å²) >= 11 is 5.84. The van der Waals surface area contributed by atoms with Crippen LogP contribution in [0.15, 0.2) is 42.5 Å². The Morgan fingerprint density at radius 3 is 2.59 bits per heavy atom. The molecule has 0 aromatic heterocycles. The van der Waals surface area contributed by atoms with Gasteiger partial charge in [-0.1, -0.05) is 48.8 Å². The maximum Gasteiger partial charge on any atom is 0.337 e. The molecule has 1 aliphatic carbocycles. The topological polar surface area (TPSA) is 66.4 Å². The van der Waals surface area contributed by atoms with Crippen LogP contribution in [0, 0.1) is 17.8 Å². The Hall–Kier alpha value is -2.77. The number of anilines is 1. The third-order valence-corrected chi connectivity index (χ3v) is 4.85. The molecule has 0 radical (unpaired) electrons. The number of carbonyl (C=O) groups excluding carboxylic acids is 1. The van der Waals surface area contributed by atoms with Crippen molar-refractivity contribution in [1.82, 2.24) is 0 Å². The van der Waals surface area contributed by atoms with Crippen molar-refractivity contribution in [3.63, 3.8) is 0 Å². The van der Waals surface area contributed by atoms with Crippen molar-refractivity contribution in [1.29, 1.82) is 0 Å². The number of carboxylic acid groups (broad SMARTS) is 1. The van der Waals surface area contributed by atoms with Gasteiger partial charge in [0.15, 0.2) is 0 Å². The minimum absolute atomic E-state index is 0.0518. The van der Waals surface area contributed by atoms with Crippen molar-refractivity contribution in [2.75, 3.05) is 5.32 Å². The second-order valence-corrected chi connectivity index (χ2v) is 7.07. The maximum atomic E-state index is 12.5. The Morgan fingerprint density at radius 1 is 1.07 bits per heavy atom. The van der Waals surface area contributed by atoms with E-state index < -0.39 is 5.97 Å². The molecule has 0 aliphatic heterocycles. The number of hydrogen-bond donors (Lipinski definition) is 2. The fourth-order valence-corrected chi connectivity index (χ4v) is 3.34. The SMILES string of the molecule is O=C(Nc1ccc(Cl)cc1C(=O)O)c1cccc(C#CC2CCCCC2)c1. The van der Waals surface area contributed by atoms with E-state index in [1.807, 2.05) is 6.07 Å². The molecular formula is C22H20ClNO3. The molecule has 0 bridgehead atoms. The Labute approximate surface area is 163 Å². The van der Waals surface area contributed by atoms with Gasteiger partial charge in [0.25, 0.3) is 5.91 Å². The largest absolute Gasteiger partial charge is 0.478 e. The molecule has 0 atom stereocenters. The number of aromatic carboxylic acids is 1. The molecule has 0 unspecified atom stereocenters. The van der Waals surface area contributed by atoms with Gasteiger partial charge < -0.3 is 10.4 Å². The van der Waals surface area contributed by atoms with E-state index in [4.69, 9.17) is 11.6 Å². The summed E-state index contributed by atoms with van der Waals surface area (Å²) in [7, 11) is 0. The highest BCUT2D eigenvalue weighted by atomic mass is 35.5. The number of amides is 1. The van der Waals surface area contributed by atoms with Crippen molar-refractivity contribution >= 4 is 29.2 Å². The van der Waals surface area contributed by atoms with Crippen molar-refractivity contribution in [2.45, 2.75) is 32.1 Å². The average Bonchev–Trinajstić information content (AvgIpc) is 2.68. The van der Waals surface area contributed by atoms with Crippen LogP contribution in [0.25, 0.3) is 0 Å². The molecule has 2 aromatic carbocycles. The molecule has 1 saturated carbocycles. The maximum absolute atomic E-state index is 12.5. The second kappa shape index (κ2) is 8.75. The standard InChI is InChI=1S/C22H20ClNO3/c23-18-11-12-20(19(14-18)22(26)27)24-21(25)17-8-4-7-16(13-17)10-9-15-5-2-1-3-6-15/h4,7-8,11-15H,1-3,5-6H2,(H,24,25)(H,26,27). The van der Waals surface area contributed by atoms with Crippen LogP contribution >= 0.6 is 11.6 Å². The van der Waals surface area contributed by atoms with Crippen molar-refractivity contribution < 1.29 is 14.7 Å². The number of carboxylic acids is 1. The lowest BCUT2D eigenvalue weighted by Gasteiger charge is -2.15. The van der Waals surface area contributed by atoms with Crippen LogP contribution in [0.3, 0.4) is 0 Å². The highest BCUT2D eigenvalue weighted by Gasteiger charge is 2.14. The van der Waals surface area contributed by atoms with Gasteiger partial charge in [-0.3, -0.25) is 4.79 Å². The van der Waals surface area contributed by atoms with Gasteiger partial charge in [0.1, 0.15) is 0 Å². The molecule has 2 N–H and O–H groups in total. The first-order valence-electron chi connectivity index (χ1n) is 8.99. The third-order valence-electron chi connectivity index (χ3n) is 4.61. The van der Waals surface area contributed by atoms with Gasteiger partial charge in [0.2, 0.25) is 0 Å². The summed E-state index contributed by atoms with van der Waals surface area (Å²) in [6, 6.07) is 11.4. The van der Waals surface area contributed by atoms with Crippen molar-refractivity contribution in [3.05, 3.63) is 64.2 Å². The summed E-state index contributed by atoms with van der Waals surface area (Å²) in [6.45, 7) is 0. The highest BCUT2D eigenvalue weighted by Crippen LogP contribution is 2.23. The lowest BCUT2D eigenvalue weighted by atomic mass is 9.89. The van der Waals surface area contributed by atoms with Gasteiger partial charge in [-0.15, -0.1) is 0 Å². The van der Waals surface area contributed by atoms with Crippen LogP contribution in [0.4, 0.5) is 5.69 Å². The predicted molar refractivity (Wildman–Crippen MR) is 106 cm³/mol. The molecular weight excluding hydrogens is 362 g/mol. The number of halogens is 1. The third kappa shape index (κ3) is 5.12. The number of carbonyl (C=O) groups is 2. The number of nitrogens with one attached hydrogen (secondary N) is 1. The Morgan fingerprint density at radius 2 is 1.85 bits per heavy atom. The first-order chi connectivity index (χ1) is 13.0. The van der Waals surface area contributed by atoms with Gasteiger partial charge in [0.05, 0.1) is 11.3 Å². The highest BCUT2D eigenvalue weighted by molar-refractivity contribution is 6.31. The van der Waals surface area contributed by atoms with Gasteiger partial charge in [0, 0.05) is 22.1 Å². The van der Waals surface area contributed by atoms with Gasteiger partial charge in [-0.2, -0.15) is 0 Å². The molecule has 5 heteroatoms. The quantitative estimate of drug-likeness (QED) is 0.716. The predicted octanol–water partition coefficient (Wildman–Crippen LogP) is 5.22. The Kier molecular flexibility index (Phi) is 6.16. The summed E-state index contributed by atoms with van der Waals surface area (Å²) in [4.78, 5) is 23.9. The van der Waals surface area contributed by atoms with Gasteiger partial charge in [-0.25, -0.2) is 4.79 Å². The molecule has 138 valence electrons. The van der Waals surface area contributed by atoms with E-state index in [1.54, 1.807) is 18.2 Å². The fourth-order valence-electron chi connectivity index (χ4n) is 3.17. The van der Waals surface area contributed by atoms with Crippen LogP contribution < -0.4 is 5.32 Å². The molecule has 0 saturated heterocycles. The minimum Gasteiger partial charge on any atom is -0.478 e. The normalized spacial score (nSPS) is 14.1.